The molecule has 146 valence electrons. The summed E-state index contributed by atoms with van der Waals surface area (Å²) in [5.41, 5.74) is 1.50. The molecule has 1 amide bonds. The van der Waals surface area contributed by atoms with Crippen molar-refractivity contribution in [1.82, 2.24) is 0 Å². The summed E-state index contributed by atoms with van der Waals surface area (Å²) in [5.74, 6) is 0.147. The lowest BCUT2D eigenvalue weighted by Gasteiger charge is -2.23. The number of ether oxygens (including phenoxy) is 2. The molecule has 0 aromatic heterocycles. The maximum atomic E-state index is 12.6. The smallest absolute Gasteiger partial charge is 0.245 e. The number of sulfonamides is 1. The highest BCUT2D eigenvalue weighted by Crippen LogP contribution is 2.36. The third-order valence-corrected chi connectivity index (χ3v) is 5.24. The molecular formula is C18H21ClN2O5S. The lowest BCUT2D eigenvalue weighted by atomic mass is 10.2. The molecule has 7 nitrogen and oxygen atoms in total. The van der Waals surface area contributed by atoms with Crippen molar-refractivity contribution >= 4 is 38.9 Å². The van der Waals surface area contributed by atoms with Crippen molar-refractivity contribution in [2.75, 3.05) is 36.6 Å². The van der Waals surface area contributed by atoms with E-state index in [4.69, 9.17) is 21.1 Å². The quantitative estimate of drug-likeness (QED) is 0.755. The lowest BCUT2D eigenvalue weighted by Crippen LogP contribution is -2.37. The lowest BCUT2D eigenvalue weighted by molar-refractivity contribution is -0.114. The Morgan fingerprint density at radius 1 is 1.15 bits per heavy atom. The highest BCUT2D eigenvalue weighted by Gasteiger charge is 2.23. The van der Waals surface area contributed by atoms with E-state index in [1.165, 1.54) is 26.4 Å². The monoisotopic (exact) mass is 412 g/mol. The van der Waals surface area contributed by atoms with E-state index in [9.17, 15) is 13.2 Å². The minimum Gasteiger partial charge on any atom is -0.495 e. The Bertz CT molecular complexity index is 947. The molecule has 2 aromatic carbocycles. The summed E-state index contributed by atoms with van der Waals surface area (Å²) >= 11 is 6.05. The van der Waals surface area contributed by atoms with Crippen molar-refractivity contribution in [1.29, 1.82) is 0 Å². The second-order valence-electron chi connectivity index (χ2n) is 5.79. The van der Waals surface area contributed by atoms with Gasteiger partial charge >= 0.3 is 0 Å². The fourth-order valence-electron chi connectivity index (χ4n) is 2.50. The van der Waals surface area contributed by atoms with Gasteiger partial charge in [-0.3, -0.25) is 9.10 Å². The Hall–Kier alpha value is -2.45. The number of hydrogen-bond acceptors (Lipinski definition) is 5. The molecule has 0 saturated carbocycles. The van der Waals surface area contributed by atoms with Gasteiger partial charge in [0, 0.05) is 12.1 Å². The summed E-state index contributed by atoms with van der Waals surface area (Å²) in [6, 6.07) is 9.95. The van der Waals surface area contributed by atoms with Crippen LogP contribution in [0.2, 0.25) is 5.02 Å². The number of hydrogen-bond donors (Lipinski definition) is 1. The number of amides is 1. The van der Waals surface area contributed by atoms with E-state index in [2.05, 4.69) is 5.32 Å². The van der Waals surface area contributed by atoms with E-state index in [1.807, 2.05) is 0 Å². The number of aryl methyl sites for hydroxylation is 1. The zero-order valence-corrected chi connectivity index (χ0v) is 17.0. The highest BCUT2D eigenvalue weighted by molar-refractivity contribution is 7.92. The van der Waals surface area contributed by atoms with Crippen LogP contribution in [0.3, 0.4) is 0 Å². The maximum Gasteiger partial charge on any atom is 0.245 e. The standard InChI is InChI=1S/C18H21ClN2O5S/c1-12-7-5-6-8-15(12)21(27(4,23)24)11-18(22)20-14-10-16(25-2)13(19)9-17(14)26-3/h5-10H,11H2,1-4H3,(H,20,22). The number of para-hydroxylation sites is 1. The van der Waals surface area contributed by atoms with Gasteiger partial charge in [0.25, 0.3) is 0 Å². The second kappa shape index (κ2) is 8.49. The molecule has 0 saturated heterocycles. The molecule has 0 radical (unpaired) electrons. The molecule has 2 aromatic rings. The van der Waals surface area contributed by atoms with Gasteiger partial charge in [0.05, 0.1) is 36.9 Å². The molecule has 1 N–H and O–H groups in total. The van der Waals surface area contributed by atoms with Crippen molar-refractivity contribution in [2.45, 2.75) is 6.92 Å². The molecule has 0 aliphatic rings. The molecule has 0 aliphatic heterocycles. The second-order valence-corrected chi connectivity index (χ2v) is 8.11. The number of nitrogens with one attached hydrogen (secondary N) is 1. The van der Waals surface area contributed by atoms with Crippen LogP contribution in [0.4, 0.5) is 11.4 Å². The first kappa shape index (κ1) is 20.9. The third kappa shape index (κ3) is 5.05. The normalized spacial score (nSPS) is 11.0. The molecular weight excluding hydrogens is 392 g/mol. The number of anilines is 2. The molecule has 0 heterocycles. The van der Waals surface area contributed by atoms with Gasteiger partial charge in [-0.15, -0.1) is 0 Å². The van der Waals surface area contributed by atoms with Crippen molar-refractivity contribution in [3.8, 4) is 11.5 Å². The Balaban J connectivity index is 2.31. The molecule has 9 heteroatoms. The Morgan fingerprint density at radius 3 is 2.33 bits per heavy atom. The molecule has 2 rings (SSSR count). The van der Waals surface area contributed by atoms with Gasteiger partial charge < -0.3 is 14.8 Å². The fourth-order valence-corrected chi connectivity index (χ4v) is 3.65. The number of nitrogens with zero attached hydrogens (tertiary/aromatic N) is 1. The van der Waals surface area contributed by atoms with Crippen molar-refractivity contribution < 1.29 is 22.7 Å². The zero-order valence-electron chi connectivity index (χ0n) is 15.4. The summed E-state index contributed by atoms with van der Waals surface area (Å²) in [6.07, 6.45) is 1.05. The van der Waals surface area contributed by atoms with Crippen LogP contribution in [-0.2, 0) is 14.8 Å². The van der Waals surface area contributed by atoms with Crippen LogP contribution in [0.1, 0.15) is 5.56 Å². The van der Waals surface area contributed by atoms with Crippen LogP contribution in [0, 0.1) is 6.92 Å². The average Bonchev–Trinajstić information content (AvgIpc) is 2.60. The zero-order chi connectivity index (χ0) is 20.2. The van der Waals surface area contributed by atoms with E-state index in [0.717, 1.165) is 16.1 Å². The molecule has 27 heavy (non-hydrogen) atoms. The molecule has 0 unspecified atom stereocenters. The summed E-state index contributed by atoms with van der Waals surface area (Å²) in [6.45, 7) is 1.39. The van der Waals surface area contributed by atoms with Crippen LogP contribution in [-0.4, -0.2) is 41.3 Å². The Morgan fingerprint density at radius 2 is 1.78 bits per heavy atom. The fraction of sp³-hybridized carbons (Fsp3) is 0.278. The van der Waals surface area contributed by atoms with Crippen LogP contribution in [0.15, 0.2) is 36.4 Å². The van der Waals surface area contributed by atoms with Crippen molar-refractivity contribution in [2.24, 2.45) is 0 Å². The predicted molar refractivity (Wildman–Crippen MR) is 107 cm³/mol. The number of methoxy groups -OCH3 is 2. The van der Waals surface area contributed by atoms with Crippen LogP contribution >= 0.6 is 11.6 Å². The van der Waals surface area contributed by atoms with Crippen LogP contribution in [0.25, 0.3) is 0 Å². The summed E-state index contributed by atoms with van der Waals surface area (Å²) in [7, 11) is -0.786. The predicted octanol–water partition coefficient (Wildman–Crippen LogP) is 3.07. The summed E-state index contributed by atoms with van der Waals surface area (Å²) < 4.78 is 35.9. The maximum absolute atomic E-state index is 12.6. The summed E-state index contributed by atoms with van der Waals surface area (Å²) in [4.78, 5) is 12.6. The first-order chi connectivity index (χ1) is 12.7. The van der Waals surface area contributed by atoms with Gasteiger partial charge in [-0.05, 0) is 18.6 Å². The third-order valence-electron chi connectivity index (χ3n) is 3.82. The number of halogens is 1. The number of rotatable bonds is 7. The van der Waals surface area contributed by atoms with E-state index >= 15 is 0 Å². The van der Waals surface area contributed by atoms with E-state index in [1.54, 1.807) is 31.2 Å². The topological polar surface area (TPSA) is 84.9 Å². The number of benzene rings is 2. The van der Waals surface area contributed by atoms with Gasteiger partial charge in [0.1, 0.15) is 18.0 Å². The Kier molecular flexibility index (Phi) is 6.56. The largest absolute Gasteiger partial charge is 0.495 e. The number of carbonyl (C=O) groups is 1. The molecule has 0 atom stereocenters. The molecule has 0 aliphatic carbocycles. The first-order valence-electron chi connectivity index (χ1n) is 7.92. The van der Waals surface area contributed by atoms with Crippen molar-refractivity contribution in [3.05, 3.63) is 47.0 Å². The van der Waals surface area contributed by atoms with Crippen LogP contribution in [0.5, 0.6) is 11.5 Å². The average molecular weight is 413 g/mol. The minimum atomic E-state index is -3.67. The van der Waals surface area contributed by atoms with Gasteiger partial charge in [-0.25, -0.2) is 8.42 Å². The van der Waals surface area contributed by atoms with E-state index < -0.39 is 22.5 Å². The minimum absolute atomic E-state index is 0.321. The molecule has 0 spiro atoms. The van der Waals surface area contributed by atoms with E-state index in [0.29, 0.717) is 27.9 Å². The molecule has 0 bridgehead atoms. The Labute approximate surface area is 163 Å². The van der Waals surface area contributed by atoms with Gasteiger partial charge in [-0.2, -0.15) is 0 Å². The van der Waals surface area contributed by atoms with Crippen LogP contribution < -0.4 is 19.1 Å². The van der Waals surface area contributed by atoms with E-state index in [-0.39, 0.29) is 0 Å². The van der Waals surface area contributed by atoms with Crippen molar-refractivity contribution in [3.63, 3.8) is 0 Å². The first-order valence-corrected chi connectivity index (χ1v) is 10.1. The van der Waals surface area contributed by atoms with Gasteiger partial charge in [0.15, 0.2) is 0 Å². The van der Waals surface area contributed by atoms with Gasteiger partial charge in [0.2, 0.25) is 15.9 Å². The number of carbonyl (C=O) groups excluding carboxylic acids is 1. The van der Waals surface area contributed by atoms with Gasteiger partial charge in [-0.1, -0.05) is 29.8 Å². The SMILES string of the molecule is COc1cc(NC(=O)CN(c2ccccc2C)S(C)(=O)=O)c(OC)cc1Cl. The molecule has 0 fully saturated rings. The highest BCUT2D eigenvalue weighted by atomic mass is 35.5. The summed E-state index contributed by atoms with van der Waals surface area (Å²) in [5, 5.41) is 2.97.